The lowest BCUT2D eigenvalue weighted by molar-refractivity contribution is 0.292. The number of nitrogens with one attached hydrogen (secondary N) is 2. The fourth-order valence-corrected chi connectivity index (χ4v) is 3.81. The largest absolute Gasteiger partial charge is 0.395 e. The number of aliphatic hydroxyl groups excluding tert-OH is 1. The lowest BCUT2D eigenvalue weighted by Crippen LogP contribution is -2.17. The van der Waals surface area contributed by atoms with Crippen molar-refractivity contribution < 1.29 is 5.11 Å². The van der Waals surface area contributed by atoms with Crippen LogP contribution >= 0.6 is 11.5 Å². The van der Waals surface area contributed by atoms with E-state index in [0.29, 0.717) is 13.1 Å². The predicted molar refractivity (Wildman–Crippen MR) is 111 cm³/mol. The summed E-state index contributed by atoms with van der Waals surface area (Å²) in [7, 11) is 0. The van der Waals surface area contributed by atoms with Crippen molar-refractivity contribution in [2.75, 3.05) is 18.5 Å². The lowest BCUT2D eigenvalue weighted by atomic mass is 10.0. The van der Waals surface area contributed by atoms with Crippen LogP contribution in [0.5, 0.6) is 0 Å². The average molecular weight is 376 g/mol. The molecule has 2 aromatic carbocycles. The molecular weight excluding hydrogens is 356 g/mol. The Bertz CT molecular complexity index is 1020. The fraction of sp³-hybridized carbons (Fsp3) is 0.143. The first-order chi connectivity index (χ1) is 13.3. The Kier molecular flexibility index (Phi) is 5.39. The van der Waals surface area contributed by atoms with Gasteiger partial charge in [0.05, 0.1) is 11.3 Å². The van der Waals surface area contributed by atoms with Crippen LogP contribution in [0.1, 0.15) is 5.56 Å². The SMILES string of the molecule is OCCNCc1ccc(Nc2nsc3c(-c4ccccc4)cccc23)nc1. The van der Waals surface area contributed by atoms with E-state index in [2.05, 4.69) is 62.5 Å². The van der Waals surface area contributed by atoms with Gasteiger partial charge in [0, 0.05) is 30.2 Å². The van der Waals surface area contributed by atoms with Crippen molar-refractivity contribution >= 4 is 33.3 Å². The summed E-state index contributed by atoms with van der Waals surface area (Å²) >= 11 is 1.50. The molecule has 4 rings (SSSR count). The summed E-state index contributed by atoms with van der Waals surface area (Å²) in [6, 6.07) is 20.6. The molecule has 0 bridgehead atoms. The van der Waals surface area contributed by atoms with E-state index in [0.717, 1.165) is 27.3 Å². The van der Waals surface area contributed by atoms with Gasteiger partial charge in [-0.3, -0.25) is 0 Å². The maximum Gasteiger partial charge on any atom is 0.153 e. The van der Waals surface area contributed by atoms with Crippen LogP contribution in [0.3, 0.4) is 0 Å². The second-order valence-corrected chi connectivity index (χ2v) is 6.93. The second-order valence-electron chi connectivity index (χ2n) is 6.16. The Hall–Kier alpha value is -2.80. The zero-order chi connectivity index (χ0) is 18.5. The topological polar surface area (TPSA) is 70.1 Å². The van der Waals surface area contributed by atoms with E-state index < -0.39 is 0 Å². The average Bonchev–Trinajstić information content (AvgIpc) is 3.13. The minimum Gasteiger partial charge on any atom is -0.395 e. The van der Waals surface area contributed by atoms with Crippen molar-refractivity contribution in [2.24, 2.45) is 0 Å². The maximum absolute atomic E-state index is 8.82. The van der Waals surface area contributed by atoms with Crippen LogP contribution in [0.4, 0.5) is 11.6 Å². The molecule has 0 aliphatic heterocycles. The molecule has 0 saturated carbocycles. The third-order valence-electron chi connectivity index (χ3n) is 4.27. The fourth-order valence-electron chi connectivity index (χ4n) is 2.93. The van der Waals surface area contributed by atoms with E-state index in [1.54, 1.807) is 0 Å². The molecule has 4 aromatic rings. The summed E-state index contributed by atoms with van der Waals surface area (Å²) < 4.78 is 5.77. The van der Waals surface area contributed by atoms with Crippen molar-refractivity contribution in [3.8, 4) is 11.1 Å². The summed E-state index contributed by atoms with van der Waals surface area (Å²) in [4.78, 5) is 4.47. The first-order valence-corrected chi connectivity index (χ1v) is 9.60. The van der Waals surface area contributed by atoms with E-state index in [1.165, 1.54) is 22.7 Å². The summed E-state index contributed by atoms with van der Waals surface area (Å²) in [5, 5.41) is 16.4. The highest BCUT2D eigenvalue weighted by atomic mass is 32.1. The zero-order valence-corrected chi connectivity index (χ0v) is 15.5. The highest BCUT2D eigenvalue weighted by Gasteiger charge is 2.11. The standard InChI is InChI=1S/C21H20N4OS/c26-12-11-22-13-15-9-10-19(23-14-15)24-21-18-8-4-7-17(20(18)27-25-21)16-5-2-1-3-6-16/h1-10,14,22,26H,11-13H2,(H,23,24,25). The van der Waals surface area contributed by atoms with Gasteiger partial charge in [-0.25, -0.2) is 4.98 Å². The summed E-state index contributed by atoms with van der Waals surface area (Å²) in [5.74, 6) is 1.59. The summed E-state index contributed by atoms with van der Waals surface area (Å²) in [5.41, 5.74) is 3.46. The van der Waals surface area contributed by atoms with Crippen LogP contribution in [-0.2, 0) is 6.54 Å². The molecule has 0 unspecified atom stereocenters. The molecule has 0 atom stereocenters. The number of nitrogens with zero attached hydrogens (tertiary/aromatic N) is 2. The van der Waals surface area contributed by atoms with Gasteiger partial charge in [-0.05, 0) is 34.8 Å². The van der Waals surface area contributed by atoms with Crippen molar-refractivity contribution in [3.05, 3.63) is 72.4 Å². The predicted octanol–water partition coefficient (Wildman–Crippen LogP) is 4.18. The van der Waals surface area contributed by atoms with E-state index in [9.17, 15) is 0 Å². The number of aliphatic hydroxyl groups is 1. The Morgan fingerprint density at radius 1 is 0.963 bits per heavy atom. The van der Waals surface area contributed by atoms with Crippen molar-refractivity contribution in [3.63, 3.8) is 0 Å². The number of hydrogen-bond acceptors (Lipinski definition) is 6. The van der Waals surface area contributed by atoms with Gasteiger partial charge in [0.25, 0.3) is 0 Å². The Morgan fingerprint density at radius 2 is 1.85 bits per heavy atom. The third-order valence-corrected chi connectivity index (χ3v) is 5.17. The van der Waals surface area contributed by atoms with Gasteiger partial charge in [0.1, 0.15) is 5.82 Å². The number of anilines is 2. The van der Waals surface area contributed by atoms with Crippen LogP contribution in [0.25, 0.3) is 21.2 Å². The van der Waals surface area contributed by atoms with E-state index in [4.69, 9.17) is 5.11 Å². The van der Waals surface area contributed by atoms with Gasteiger partial charge < -0.3 is 15.7 Å². The molecule has 0 amide bonds. The van der Waals surface area contributed by atoms with Crippen molar-refractivity contribution in [1.82, 2.24) is 14.7 Å². The monoisotopic (exact) mass is 376 g/mol. The Balaban J connectivity index is 1.56. The third kappa shape index (κ3) is 3.98. The molecule has 0 radical (unpaired) electrons. The molecule has 0 spiro atoms. The maximum atomic E-state index is 8.82. The van der Waals surface area contributed by atoms with Gasteiger partial charge in [0.2, 0.25) is 0 Å². The van der Waals surface area contributed by atoms with Gasteiger partial charge in [-0.1, -0.05) is 48.5 Å². The van der Waals surface area contributed by atoms with Gasteiger partial charge >= 0.3 is 0 Å². The Morgan fingerprint density at radius 3 is 2.63 bits per heavy atom. The molecule has 2 heterocycles. The zero-order valence-electron chi connectivity index (χ0n) is 14.7. The van der Waals surface area contributed by atoms with Crippen molar-refractivity contribution in [1.29, 1.82) is 0 Å². The number of pyridine rings is 1. The molecule has 27 heavy (non-hydrogen) atoms. The minimum absolute atomic E-state index is 0.134. The number of aromatic nitrogens is 2. The van der Waals surface area contributed by atoms with Crippen LogP contribution < -0.4 is 10.6 Å². The highest BCUT2D eigenvalue weighted by Crippen LogP contribution is 2.36. The normalized spacial score (nSPS) is 11.0. The van der Waals surface area contributed by atoms with Crippen LogP contribution in [-0.4, -0.2) is 27.6 Å². The molecule has 136 valence electrons. The second kappa shape index (κ2) is 8.26. The molecule has 5 nitrogen and oxygen atoms in total. The first-order valence-electron chi connectivity index (χ1n) is 8.82. The summed E-state index contributed by atoms with van der Waals surface area (Å²) in [6.45, 7) is 1.40. The highest BCUT2D eigenvalue weighted by molar-refractivity contribution is 7.14. The molecule has 2 aromatic heterocycles. The van der Waals surface area contributed by atoms with Crippen molar-refractivity contribution in [2.45, 2.75) is 6.54 Å². The molecule has 0 saturated heterocycles. The van der Waals surface area contributed by atoms with E-state index in [1.807, 2.05) is 24.4 Å². The van der Waals surface area contributed by atoms with Gasteiger partial charge in [-0.15, -0.1) is 0 Å². The van der Waals surface area contributed by atoms with E-state index >= 15 is 0 Å². The number of fused-ring (bicyclic) bond motifs is 1. The van der Waals surface area contributed by atoms with Gasteiger partial charge in [0.15, 0.2) is 5.82 Å². The molecule has 3 N–H and O–H groups in total. The van der Waals surface area contributed by atoms with Crippen LogP contribution in [0.2, 0.25) is 0 Å². The smallest absolute Gasteiger partial charge is 0.153 e. The summed E-state index contributed by atoms with van der Waals surface area (Å²) in [6.07, 6.45) is 1.83. The van der Waals surface area contributed by atoms with E-state index in [-0.39, 0.29) is 6.61 Å². The van der Waals surface area contributed by atoms with Crippen LogP contribution in [0.15, 0.2) is 66.9 Å². The number of benzene rings is 2. The molecular formula is C21H20N4OS. The molecule has 6 heteroatoms. The Labute approximate surface area is 161 Å². The first kappa shape index (κ1) is 17.6. The number of hydrogen-bond donors (Lipinski definition) is 3. The quantitative estimate of drug-likeness (QED) is 0.422. The lowest BCUT2D eigenvalue weighted by Gasteiger charge is -2.06. The van der Waals surface area contributed by atoms with Crippen LogP contribution in [0, 0.1) is 0 Å². The minimum atomic E-state index is 0.134. The molecule has 0 fully saturated rings. The van der Waals surface area contributed by atoms with Gasteiger partial charge in [-0.2, -0.15) is 4.37 Å². The molecule has 0 aliphatic carbocycles. The number of rotatable bonds is 7. The molecule has 0 aliphatic rings.